The summed E-state index contributed by atoms with van der Waals surface area (Å²) < 4.78 is 0. The molecule has 6 nitrogen and oxygen atoms in total. The lowest BCUT2D eigenvalue weighted by Gasteiger charge is -2.05. The predicted octanol–water partition coefficient (Wildman–Crippen LogP) is -0.116. The highest BCUT2D eigenvalue weighted by Crippen LogP contribution is 1.86. The van der Waals surface area contributed by atoms with Gasteiger partial charge in [-0.25, -0.2) is 0 Å². The zero-order valence-corrected chi connectivity index (χ0v) is 9.41. The SMILES string of the molecule is CCCC(=O)NCC(=O)NCCCC(=O)O. The number of hydrogen-bond donors (Lipinski definition) is 3. The van der Waals surface area contributed by atoms with Crippen molar-refractivity contribution < 1.29 is 19.5 Å². The number of aliphatic carboxylic acids is 1. The third-order valence-corrected chi connectivity index (χ3v) is 1.81. The van der Waals surface area contributed by atoms with Crippen LogP contribution >= 0.6 is 0 Å². The Labute approximate surface area is 94.4 Å². The summed E-state index contributed by atoms with van der Waals surface area (Å²) in [5.74, 6) is -1.33. The molecule has 2 amide bonds. The topological polar surface area (TPSA) is 95.5 Å². The molecule has 0 heterocycles. The number of rotatable bonds is 8. The van der Waals surface area contributed by atoms with Crippen molar-refractivity contribution in [1.82, 2.24) is 10.6 Å². The van der Waals surface area contributed by atoms with Crippen LogP contribution in [0, 0.1) is 0 Å². The first-order valence-corrected chi connectivity index (χ1v) is 5.31. The van der Waals surface area contributed by atoms with Gasteiger partial charge in [-0.1, -0.05) is 6.92 Å². The molecule has 92 valence electrons. The summed E-state index contributed by atoms with van der Waals surface area (Å²) >= 11 is 0. The number of carbonyl (C=O) groups is 3. The summed E-state index contributed by atoms with van der Waals surface area (Å²) in [7, 11) is 0. The van der Waals surface area contributed by atoms with Gasteiger partial charge in [-0.2, -0.15) is 0 Å². The van der Waals surface area contributed by atoms with Crippen LogP contribution in [0.2, 0.25) is 0 Å². The minimum atomic E-state index is -0.884. The van der Waals surface area contributed by atoms with Crippen LogP contribution in [0.4, 0.5) is 0 Å². The molecular weight excluding hydrogens is 212 g/mol. The van der Waals surface area contributed by atoms with Crippen molar-refractivity contribution in [2.45, 2.75) is 32.6 Å². The minimum absolute atomic E-state index is 0.0302. The van der Waals surface area contributed by atoms with Crippen LogP contribution in [0.3, 0.4) is 0 Å². The summed E-state index contributed by atoms with van der Waals surface area (Å²) in [6, 6.07) is 0. The Bertz CT molecular complexity index is 253. The lowest BCUT2D eigenvalue weighted by Crippen LogP contribution is -2.37. The van der Waals surface area contributed by atoms with Gasteiger partial charge >= 0.3 is 5.97 Å². The van der Waals surface area contributed by atoms with Crippen molar-refractivity contribution in [3.05, 3.63) is 0 Å². The summed E-state index contributed by atoms with van der Waals surface area (Å²) in [6.45, 7) is 2.15. The third kappa shape index (κ3) is 8.98. The number of nitrogens with one attached hydrogen (secondary N) is 2. The molecule has 0 saturated carbocycles. The van der Waals surface area contributed by atoms with E-state index in [2.05, 4.69) is 10.6 Å². The number of carboxylic acids is 1. The van der Waals surface area contributed by atoms with E-state index in [0.717, 1.165) is 6.42 Å². The van der Waals surface area contributed by atoms with Crippen molar-refractivity contribution in [2.24, 2.45) is 0 Å². The Morgan fingerprint density at radius 2 is 1.75 bits per heavy atom. The molecule has 0 radical (unpaired) electrons. The molecular formula is C10H18N2O4. The molecule has 0 bridgehead atoms. The summed E-state index contributed by atoms with van der Waals surface area (Å²) in [6.07, 6.45) is 1.57. The van der Waals surface area contributed by atoms with E-state index in [-0.39, 0.29) is 24.8 Å². The van der Waals surface area contributed by atoms with Crippen molar-refractivity contribution in [3.63, 3.8) is 0 Å². The largest absolute Gasteiger partial charge is 0.481 e. The molecule has 0 aromatic carbocycles. The van der Waals surface area contributed by atoms with Gasteiger partial charge in [-0.15, -0.1) is 0 Å². The van der Waals surface area contributed by atoms with Gasteiger partial charge in [0.25, 0.3) is 0 Å². The molecule has 0 saturated heterocycles. The zero-order chi connectivity index (χ0) is 12.4. The Morgan fingerprint density at radius 3 is 2.31 bits per heavy atom. The summed E-state index contributed by atoms with van der Waals surface area (Å²) in [5, 5.41) is 13.3. The molecule has 0 aliphatic heterocycles. The van der Waals surface area contributed by atoms with E-state index in [0.29, 0.717) is 19.4 Å². The minimum Gasteiger partial charge on any atom is -0.481 e. The molecule has 0 fully saturated rings. The Balaban J connectivity index is 3.44. The highest BCUT2D eigenvalue weighted by atomic mass is 16.4. The zero-order valence-electron chi connectivity index (χ0n) is 9.41. The second-order valence-corrected chi connectivity index (χ2v) is 3.37. The van der Waals surface area contributed by atoms with Crippen molar-refractivity contribution in [2.75, 3.05) is 13.1 Å². The van der Waals surface area contributed by atoms with Crippen LogP contribution in [-0.2, 0) is 14.4 Å². The van der Waals surface area contributed by atoms with Crippen LogP contribution in [0.5, 0.6) is 0 Å². The third-order valence-electron chi connectivity index (χ3n) is 1.81. The van der Waals surface area contributed by atoms with Crippen LogP contribution < -0.4 is 10.6 Å². The Morgan fingerprint density at radius 1 is 1.06 bits per heavy atom. The van der Waals surface area contributed by atoms with Crippen molar-refractivity contribution in [3.8, 4) is 0 Å². The highest BCUT2D eigenvalue weighted by molar-refractivity contribution is 5.84. The van der Waals surface area contributed by atoms with Gasteiger partial charge in [-0.05, 0) is 12.8 Å². The first kappa shape index (κ1) is 14.4. The molecule has 0 aromatic heterocycles. The lowest BCUT2D eigenvalue weighted by atomic mass is 10.3. The number of carboxylic acid groups (broad SMARTS) is 1. The van der Waals surface area contributed by atoms with E-state index in [1.54, 1.807) is 0 Å². The maximum absolute atomic E-state index is 11.1. The van der Waals surface area contributed by atoms with Gasteiger partial charge in [0.1, 0.15) is 0 Å². The average molecular weight is 230 g/mol. The second kappa shape index (κ2) is 8.70. The van der Waals surface area contributed by atoms with Crippen LogP contribution in [-0.4, -0.2) is 36.0 Å². The van der Waals surface area contributed by atoms with Crippen molar-refractivity contribution >= 4 is 17.8 Å². The fraction of sp³-hybridized carbons (Fsp3) is 0.700. The van der Waals surface area contributed by atoms with E-state index < -0.39 is 5.97 Å². The van der Waals surface area contributed by atoms with E-state index in [9.17, 15) is 14.4 Å². The summed E-state index contributed by atoms with van der Waals surface area (Å²) in [4.78, 5) is 32.3. The smallest absolute Gasteiger partial charge is 0.303 e. The highest BCUT2D eigenvalue weighted by Gasteiger charge is 2.04. The molecule has 16 heavy (non-hydrogen) atoms. The molecule has 0 rings (SSSR count). The first-order valence-electron chi connectivity index (χ1n) is 5.31. The average Bonchev–Trinajstić information content (AvgIpc) is 2.22. The number of hydrogen-bond acceptors (Lipinski definition) is 3. The number of amides is 2. The van der Waals surface area contributed by atoms with Gasteiger partial charge < -0.3 is 15.7 Å². The number of carbonyl (C=O) groups excluding carboxylic acids is 2. The van der Waals surface area contributed by atoms with Gasteiger partial charge in [0, 0.05) is 19.4 Å². The van der Waals surface area contributed by atoms with E-state index in [4.69, 9.17) is 5.11 Å². The normalized spacial score (nSPS) is 9.56. The van der Waals surface area contributed by atoms with Gasteiger partial charge in [0.15, 0.2) is 0 Å². The van der Waals surface area contributed by atoms with E-state index in [1.807, 2.05) is 6.92 Å². The van der Waals surface area contributed by atoms with Gasteiger partial charge in [0.05, 0.1) is 6.54 Å². The maximum atomic E-state index is 11.1. The monoisotopic (exact) mass is 230 g/mol. The standard InChI is InChI=1S/C10H18N2O4/c1-2-4-8(13)12-7-9(14)11-6-3-5-10(15)16/h2-7H2,1H3,(H,11,14)(H,12,13)(H,15,16). The molecule has 0 atom stereocenters. The van der Waals surface area contributed by atoms with E-state index >= 15 is 0 Å². The van der Waals surface area contributed by atoms with Crippen molar-refractivity contribution in [1.29, 1.82) is 0 Å². The van der Waals surface area contributed by atoms with Gasteiger partial charge in [-0.3, -0.25) is 14.4 Å². The molecule has 3 N–H and O–H groups in total. The molecule has 0 unspecified atom stereocenters. The predicted molar refractivity (Wildman–Crippen MR) is 57.8 cm³/mol. The fourth-order valence-electron chi connectivity index (χ4n) is 1.02. The van der Waals surface area contributed by atoms with Crippen LogP contribution in [0.25, 0.3) is 0 Å². The molecule has 0 aliphatic rings. The lowest BCUT2D eigenvalue weighted by molar-refractivity contribution is -0.137. The molecule has 0 aliphatic carbocycles. The second-order valence-electron chi connectivity index (χ2n) is 3.37. The van der Waals surface area contributed by atoms with Crippen LogP contribution in [0.1, 0.15) is 32.6 Å². The van der Waals surface area contributed by atoms with Crippen LogP contribution in [0.15, 0.2) is 0 Å². The maximum Gasteiger partial charge on any atom is 0.303 e. The first-order chi connectivity index (χ1) is 7.56. The Kier molecular flexibility index (Phi) is 7.83. The summed E-state index contributed by atoms with van der Waals surface area (Å²) in [5.41, 5.74) is 0. The molecule has 0 spiro atoms. The quantitative estimate of drug-likeness (QED) is 0.507. The molecule has 6 heteroatoms. The Hall–Kier alpha value is -1.59. The molecule has 0 aromatic rings. The van der Waals surface area contributed by atoms with E-state index in [1.165, 1.54) is 0 Å². The fourth-order valence-corrected chi connectivity index (χ4v) is 1.02. The van der Waals surface area contributed by atoms with Gasteiger partial charge in [0.2, 0.25) is 11.8 Å².